The summed E-state index contributed by atoms with van der Waals surface area (Å²) >= 11 is 0. The molecule has 0 bridgehead atoms. The SMILES string of the molecule is c1ccc(CN2CCC3(CCC(c4ccccc4)(N4CCC4)CC3)C2)cc1. The second kappa shape index (κ2) is 7.07. The summed E-state index contributed by atoms with van der Waals surface area (Å²) in [6.07, 6.45) is 8.25. The third-order valence-corrected chi connectivity index (χ3v) is 7.68. The van der Waals surface area contributed by atoms with Gasteiger partial charge in [-0.15, -0.1) is 0 Å². The highest BCUT2D eigenvalue weighted by atomic mass is 15.2. The molecule has 2 saturated heterocycles. The van der Waals surface area contributed by atoms with Crippen LogP contribution in [0, 0.1) is 5.41 Å². The number of benzene rings is 2. The minimum atomic E-state index is 0.317. The van der Waals surface area contributed by atoms with E-state index in [2.05, 4.69) is 70.5 Å². The van der Waals surface area contributed by atoms with Crippen LogP contribution in [0.2, 0.25) is 0 Å². The summed E-state index contributed by atoms with van der Waals surface area (Å²) < 4.78 is 0. The first kappa shape index (κ1) is 17.5. The van der Waals surface area contributed by atoms with Gasteiger partial charge in [-0.3, -0.25) is 9.80 Å². The zero-order valence-electron chi connectivity index (χ0n) is 16.4. The van der Waals surface area contributed by atoms with Gasteiger partial charge in [0, 0.05) is 31.7 Å². The van der Waals surface area contributed by atoms with Gasteiger partial charge in [-0.1, -0.05) is 60.7 Å². The Morgan fingerprint density at radius 1 is 0.704 bits per heavy atom. The Balaban J connectivity index is 1.29. The van der Waals surface area contributed by atoms with Gasteiger partial charge in [0.25, 0.3) is 0 Å². The Kier molecular flexibility index (Phi) is 4.57. The van der Waals surface area contributed by atoms with E-state index in [9.17, 15) is 0 Å². The van der Waals surface area contributed by atoms with Crippen molar-refractivity contribution < 1.29 is 0 Å². The van der Waals surface area contributed by atoms with Crippen LogP contribution >= 0.6 is 0 Å². The van der Waals surface area contributed by atoms with E-state index < -0.39 is 0 Å². The maximum Gasteiger partial charge on any atom is 0.0461 e. The highest BCUT2D eigenvalue weighted by Crippen LogP contribution is 2.53. The Hall–Kier alpha value is -1.64. The van der Waals surface area contributed by atoms with Gasteiger partial charge in [-0.2, -0.15) is 0 Å². The third-order valence-electron chi connectivity index (χ3n) is 7.68. The van der Waals surface area contributed by atoms with Crippen molar-refractivity contribution in [1.29, 1.82) is 0 Å². The fourth-order valence-corrected chi connectivity index (χ4v) is 5.89. The Labute approximate surface area is 164 Å². The van der Waals surface area contributed by atoms with Gasteiger partial charge in [0.1, 0.15) is 0 Å². The van der Waals surface area contributed by atoms with Gasteiger partial charge in [-0.05, 0) is 61.6 Å². The van der Waals surface area contributed by atoms with E-state index in [4.69, 9.17) is 0 Å². The van der Waals surface area contributed by atoms with Gasteiger partial charge in [0.15, 0.2) is 0 Å². The average molecular weight is 361 g/mol. The topological polar surface area (TPSA) is 6.48 Å². The molecule has 1 spiro atoms. The lowest BCUT2D eigenvalue weighted by atomic mass is 9.63. The number of nitrogens with zero attached hydrogens (tertiary/aromatic N) is 2. The van der Waals surface area contributed by atoms with Crippen LogP contribution in [0.15, 0.2) is 60.7 Å². The fraction of sp³-hybridized carbons (Fsp3) is 0.520. The lowest BCUT2D eigenvalue weighted by Gasteiger charge is -2.54. The molecule has 3 aliphatic rings. The number of hydrogen-bond donors (Lipinski definition) is 0. The molecule has 2 heterocycles. The normalized spacial score (nSPS) is 31.9. The van der Waals surface area contributed by atoms with Crippen molar-refractivity contribution >= 4 is 0 Å². The van der Waals surface area contributed by atoms with E-state index in [1.54, 1.807) is 5.56 Å². The highest BCUT2D eigenvalue weighted by molar-refractivity contribution is 5.27. The van der Waals surface area contributed by atoms with E-state index in [1.165, 1.54) is 70.3 Å². The fourth-order valence-electron chi connectivity index (χ4n) is 5.89. The van der Waals surface area contributed by atoms with E-state index >= 15 is 0 Å². The molecule has 0 radical (unpaired) electrons. The molecule has 1 aliphatic carbocycles. The summed E-state index contributed by atoms with van der Waals surface area (Å²) in [7, 11) is 0. The van der Waals surface area contributed by atoms with E-state index in [-0.39, 0.29) is 0 Å². The first-order valence-electron chi connectivity index (χ1n) is 10.9. The summed E-state index contributed by atoms with van der Waals surface area (Å²) in [5.41, 5.74) is 3.92. The van der Waals surface area contributed by atoms with Crippen LogP contribution in [0.3, 0.4) is 0 Å². The Morgan fingerprint density at radius 2 is 1.37 bits per heavy atom. The summed E-state index contributed by atoms with van der Waals surface area (Å²) in [6.45, 7) is 6.28. The van der Waals surface area contributed by atoms with Crippen molar-refractivity contribution in [1.82, 2.24) is 9.80 Å². The van der Waals surface area contributed by atoms with Crippen LogP contribution in [0.4, 0.5) is 0 Å². The number of likely N-dealkylation sites (tertiary alicyclic amines) is 2. The molecule has 2 nitrogen and oxygen atoms in total. The summed E-state index contributed by atoms with van der Waals surface area (Å²) in [4.78, 5) is 5.49. The summed E-state index contributed by atoms with van der Waals surface area (Å²) in [5.74, 6) is 0. The quantitative estimate of drug-likeness (QED) is 0.752. The summed E-state index contributed by atoms with van der Waals surface area (Å²) in [5, 5.41) is 0. The zero-order valence-corrected chi connectivity index (χ0v) is 16.4. The van der Waals surface area contributed by atoms with Crippen molar-refractivity contribution in [2.75, 3.05) is 26.2 Å². The van der Waals surface area contributed by atoms with E-state index in [0.29, 0.717) is 11.0 Å². The smallest absolute Gasteiger partial charge is 0.0461 e. The lowest BCUT2D eigenvalue weighted by molar-refractivity contribution is -0.0318. The monoisotopic (exact) mass is 360 g/mol. The van der Waals surface area contributed by atoms with Gasteiger partial charge in [0.05, 0.1) is 0 Å². The predicted molar refractivity (Wildman–Crippen MR) is 112 cm³/mol. The molecule has 2 aromatic rings. The van der Waals surface area contributed by atoms with Crippen LogP contribution < -0.4 is 0 Å². The zero-order chi connectivity index (χ0) is 18.2. The third kappa shape index (κ3) is 3.23. The van der Waals surface area contributed by atoms with Crippen LogP contribution in [0.5, 0.6) is 0 Å². The molecule has 2 heteroatoms. The molecular formula is C25H32N2. The minimum absolute atomic E-state index is 0.317. The molecule has 2 aromatic carbocycles. The van der Waals surface area contributed by atoms with Crippen molar-refractivity contribution in [2.24, 2.45) is 5.41 Å². The first-order valence-corrected chi connectivity index (χ1v) is 10.9. The molecule has 0 amide bonds. The molecule has 0 unspecified atom stereocenters. The van der Waals surface area contributed by atoms with Gasteiger partial charge < -0.3 is 0 Å². The van der Waals surface area contributed by atoms with Crippen molar-refractivity contribution in [2.45, 2.75) is 50.6 Å². The standard InChI is InChI=1S/C25H32N2/c1-3-8-22(9-4-1)20-26-19-16-24(21-26)12-14-25(15-13-24,27-17-7-18-27)23-10-5-2-6-11-23/h1-6,8-11H,7,12-21H2. The van der Waals surface area contributed by atoms with Gasteiger partial charge >= 0.3 is 0 Å². The molecule has 0 atom stereocenters. The molecule has 0 aromatic heterocycles. The maximum absolute atomic E-state index is 2.78. The maximum atomic E-state index is 2.78. The Bertz CT molecular complexity index is 742. The van der Waals surface area contributed by atoms with Gasteiger partial charge in [0.2, 0.25) is 0 Å². The highest BCUT2D eigenvalue weighted by Gasteiger charge is 2.49. The second-order valence-electron chi connectivity index (χ2n) is 9.18. The van der Waals surface area contributed by atoms with Gasteiger partial charge in [-0.25, -0.2) is 0 Å². The van der Waals surface area contributed by atoms with Crippen molar-refractivity contribution in [3.05, 3.63) is 71.8 Å². The predicted octanol–water partition coefficient (Wildman–Crippen LogP) is 5.05. The molecule has 5 rings (SSSR count). The molecule has 3 fully saturated rings. The molecule has 2 aliphatic heterocycles. The molecule has 142 valence electrons. The molecule has 1 saturated carbocycles. The second-order valence-corrected chi connectivity index (χ2v) is 9.18. The first-order chi connectivity index (χ1) is 13.3. The van der Waals surface area contributed by atoms with Crippen molar-refractivity contribution in [3.8, 4) is 0 Å². The van der Waals surface area contributed by atoms with Crippen LogP contribution in [-0.4, -0.2) is 36.0 Å². The number of rotatable bonds is 4. The molecule has 0 N–H and O–H groups in total. The average Bonchev–Trinajstić information content (AvgIpc) is 3.06. The van der Waals surface area contributed by atoms with E-state index in [0.717, 1.165) is 6.54 Å². The summed E-state index contributed by atoms with van der Waals surface area (Å²) in [6, 6.07) is 22.4. The van der Waals surface area contributed by atoms with E-state index in [1.807, 2.05) is 0 Å². The van der Waals surface area contributed by atoms with Crippen molar-refractivity contribution in [3.63, 3.8) is 0 Å². The lowest BCUT2D eigenvalue weighted by Crippen LogP contribution is -2.56. The van der Waals surface area contributed by atoms with Crippen LogP contribution in [0.1, 0.15) is 49.7 Å². The number of hydrogen-bond acceptors (Lipinski definition) is 2. The minimum Gasteiger partial charge on any atom is -0.299 e. The van der Waals surface area contributed by atoms with Crippen LogP contribution in [0.25, 0.3) is 0 Å². The molecular weight excluding hydrogens is 328 g/mol. The largest absolute Gasteiger partial charge is 0.299 e. The van der Waals surface area contributed by atoms with Crippen LogP contribution in [-0.2, 0) is 12.1 Å². The molecule has 27 heavy (non-hydrogen) atoms. The Morgan fingerprint density at radius 3 is 2.00 bits per heavy atom.